The summed E-state index contributed by atoms with van der Waals surface area (Å²) < 4.78 is 0. The van der Waals surface area contributed by atoms with E-state index in [1.807, 2.05) is 6.92 Å². The third kappa shape index (κ3) is 3.86. The summed E-state index contributed by atoms with van der Waals surface area (Å²) in [5.41, 5.74) is 1.00. The summed E-state index contributed by atoms with van der Waals surface area (Å²) >= 11 is 1.69. The molecule has 0 aromatic carbocycles. The van der Waals surface area contributed by atoms with Crippen molar-refractivity contribution in [3.05, 3.63) is 16.1 Å². The number of carbonyl (C=O) groups is 1. The van der Waals surface area contributed by atoms with E-state index in [1.54, 1.807) is 11.3 Å². The Labute approximate surface area is 120 Å². The van der Waals surface area contributed by atoms with Gasteiger partial charge in [0.2, 0.25) is 0 Å². The zero-order valence-corrected chi connectivity index (χ0v) is 13.0. The molecule has 0 saturated heterocycles. The quantitative estimate of drug-likeness (QED) is 0.776. The Morgan fingerprint density at radius 2 is 2.21 bits per heavy atom. The summed E-state index contributed by atoms with van der Waals surface area (Å²) in [6.45, 7) is 6.02. The number of rotatable bonds is 5. The Hall–Kier alpha value is -0.740. The lowest BCUT2D eigenvalue weighted by Crippen LogP contribution is -2.39. The van der Waals surface area contributed by atoms with Gasteiger partial charge >= 0.3 is 0 Å². The first kappa shape index (κ1) is 14.7. The highest BCUT2D eigenvalue weighted by atomic mass is 32.1. The molecule has 19 heavy (non-hydrogen) atoms. The van der Waals surface area contributed by atoms with Gasteiger partial charge in [-0.1, -0.05) is 6.92 Å². The van der Waals surface area contributed by atoms with E-state index in [2.05, 4.69) is 29.2 Å². The smallest absolute Gasteiger partial charge is 0.127 e. The molecule has 0 N–H and O–H groups in total. The first-order valence-electron chi connectivity index (χ1n) is 7.09. The van der Waals surface area contributed by atoms with Gasteiger partial charge in [-0.2, -0.15) is 0 Å². The van der Waals surface area contributed by atoms with Crippen LogP contribution >= 0.6 is 11.3 Å². The molecule has 1 heterocycles. The predicted octanol–water partition coefficient (Wildman–Crippen LogP) is 3.28. The molecule has 0 amide bonds. The largest absolute Gasteiger partial charge is 0.303 e. The van der Waals surface area contributed by atoms with Crippen molar-refractivity contribution in [2.24, 2.45) is 11.3 Å². The van der Waals surface area contributed by atoms with Crippen LogP contribution in [0.15, 0.2) is 5.38 Å². The Bertz CT molecular complexity index is 422. The molecular weight excluding hydrogens is 256 g/mol. The molecule has 1 saturated carbocycles. The fraction of sp³-hybridized carbons (Fsp3) is 0.733. The summed E-state index contributed by atoms with van der Waals surface area (Å²) in [5.74, 6) is 0.777. The van der Waals surface area contributed by atoms with Crippen LogP contribution in [0.4, 0.5) is 0 Å². The van der Waals surface area contributed by atoms with Crippen LogP contribution in [-0.4, -0.2) is 29.8 Å². The van der Waals surface area contributed by atoms with Gasteiger partial charge in [-0.15, -0.1) is 11.3 Å². The van der Waals surface area contributed by atoms with E-state index < -0.39 is 0 Å². The van der Waals surface area contributed by atoms with Crippen LogP contribution in [0.25, 0.3) is 0 Å². The number of hydrogen-bond donors (Lipinski definition) is 0. The lowest BCUT2D eigenvalue weighted by atomic mass is 9.71. The van der Waals surface area contributed by atoms with Crippen molar-refractivity contribution in [2.75, 3.05) is 13.6 Å². The molecule has 3 nitrogen and oxygen atoms in total. The van der Waals surface area contributed by atoms with Crippen molar-refractivity contribution in [1.29, 1.82) is 0 Å². The van der Waals surface area contributed by atoms with Crippen LogP contribution in [0, 0.1) is 18.3 Å². The van der Waals surface area contributed by atoms with E-state index in [9.17, 15) is 4.79 Å². The number of aryl methyl sites for hydroxylation is 1. The molecule has 1 aliphatic carbocycles. The number of carbonyl (C=O) groups excluding carboxylic acids is 1. The van der Waals surface area contributed by atoms with Crippen LogP contribution in [0.1, 0.15) is 43.3 Å². The maximum Gasteiger partial charge on any atom is 0.127 e. The monoisotopic (exact) mass is 280 g/mol. The number of aldehydes is 1. The Kier molecular flexibility index (Phi) is 4.74. The molecule has 0 radical (unpaired) electrons. The first-order valence-corrected chi connectivity index (χ1v) is 7.97. The third-order valence-electron chi connectivity index (χ3n) is 4.20. The van der Waals surface area contributed by atoms with Crippen molar-refractivity contribution in [1.82, 2.24) is 9.88 Å². The molecule has 2 rings (SSSR count). The number of hydrogen-bond acceptors (Lipinski definition) is 4. The van der Waals surface area contributed by atoms with Gasteiger partial charge in [0.25, 0.3) is 0 Å². The second kappa shape index (κ2) is 6.14. The summed E-state index contributed by atoms with van der Waals surface area (Å²) in [4.78, 5) is 18.3. The molecule has 106 valence electrons. The van der Waals surface area contributed by atoms with Gasteiger partial charge < -0.3 is 4.79 Å². The average molecular weight is 280 g/mol. The van der Waals surface area contributed by atoms with Crippen molar-refractivity contribution in [3.63, 3.8) is 0 Å². The molecule has 4 heteroatoms. The standard InChI is InChI=1S/C15H24N2OS/c1-12-4-6-15(11-18,7-5-12)10-17(3)8-14-9-19-13(2)16-14/h9,11-12H,4-8,10H2,1-3H3. The minimum Gasteiger partial charge on any atom is -0.303 e. The van der Waals surface area contributed by atoms with Crippen LogP contribution < -0.4 is 0 Å². The summed E-state index contributed by atoms with van der Waals surface area (Å²) in [5, 5.41) is 3.22. The highest BCUT2D eigenvalue weighted by molar-refractivity contribution is 7.09. The molecular formula is C15H24N2OS. The van der Waals surface area contributed by atoms with E-state index in [0.29, 0.717) is 0 Å². The van der Waals surface area contributed by atoms with Gasteiger partial charge in [-0.25, -0.2) is 4.98 Å². The Morgan fingerprint density at radius 3 is 2.74 bits per heavy atom. The molecule has 0 spiro atoms. The summed E-state index contributed by atoms with van der Waals surface area (Å²) in [6.07, 6.45) is 5.66. The summed E-state index contributed by atoms with van der Waals surface area (Å²) in [6, 6.07) is 0. The van der Waals surface area contributed by atoms with E-state index in [1.165, 1.54) is 19.1 Å². The molecule has 1 aliphatic rings. The third-order valence-corrected chi connectivity index (χ3v) is 5.03. The zero-order chi connectivity index (χ0) is 13.9. The second-order valence-corrected chi connectivity index (χ2v) is 7.26. The predicted molar refractivity (Wildman–Crippen MR) is 79.3 cm³/mol. The highest BCUT2D eigenvalue weighted by Gasteiger charge is 2.34. The minimum atomic E-state index is -0.119. The first-order chi connectivity index (χ1) is 9.03. The Morgan fingerprint density at radius 1 is 1.53 bits per heavy atom. The zero-order valence-electron chi connectivity index (χ0n) is 12.2. The average Bonchev–Trinajstić information content (AvgIpc) is 2.78. The van der Waals surface area contributed by atoms with Gasteiger partial charge in [0, 0.05) is 23.9 Å². The highest BCUT2D eigenvalue weighted by Crippen LogP contribution is 2.37. The van der Waals surface area contributed by atoms with Gasteiger partial charge in [0.15, 0.2) is 0 Å². The van der Waals surface area contributed by atoms with Crippen molar-refractivity contribution < 1.29 is 4.79 Å². The number of aromatic nitrogens is 1. The maximum atomic E-state index is 11.5. The molecule has 1 aromatic heterocycles. The van der Waals surface area contributed by atoms with Gasteiger partial charge in [0.05, 0.1) is 10.7 Å². The van der Waals surface area contributed by atoms with Crippen LogP contribution in [0.2, 0.25) is 0 Å². The molecule has 0 atom stereocenters. The fourth-order valence-corrected chi connectivity index (χ4v) is 3.60. The van der Waals surface area contributed by atoms with Crippen LogP contribution in [0.3, 0.4) is 0 Å². The molecule has 0 unspecified atom stereocenters. The van der Waals surface area contributed by atoms with Crippen molar-refractivity contribution in [3.8, 4) is 0 Å². The van der Waals surface area contributed by atoms with Crippen molar-refractivity contribution >= 4 is 17.6 Å². The second-order valence-electron chi connectivity index (χ2n) is 6.19. The summed E-state index contributed by atoms with van der Waals surface area (Å²) in [7, 11) is 2.10. The van der Waals surface area contributed by atoms with E-state index in [-0.39, 0.29) is 5.41 Å². The molecule has 0 aliphatic heterocycles. The van der Waals surface area contributed by atoms with Crippen molar-refractivity contribution in [2.45, 2.75) is 46.1 Å². The van der Waals surface area contributed by atoms with Crippen LogP contribution in [0.5, 0.6) is 0 Å². The van der Waals surface area contributed by atoms with Gasteiger partial charge in [0.1, 0.15) is 6.29 Å². The lowest BCUT2D eigenvalue weighted by molar-refractivity contribution is -0.119. The molecule has 1 aromatic rings. The topological polar surface area (TPSA) is 33.2 Å². The fourth-order valence-electron chi connectivity index (χ4n) is 3.00. The normalized spacial score (nSPS) is 27.7. The minimum absolute atomic E-state index is 0.119. The SMILES string of the molecule is Cc1nc(CN(C)CC2(C=O)CCC(C)CC2)cs1. The number of nitrogens with zero attached hydrogens (tertiary/aromatic N) is 2. The van der Waals surface area contributed by atoms with E-state index >= 15 is 0 Å². The van der Waals surface area contributed by atoms with Gasteiger partial charge in [-0.05, 0) is 45.6 Å². The van der Waals surface area contributed by atoms with Crippen LogP contribution in [-0.2, 0) is 11.3 Å². The maximum absolute atomic E-state index is 11.5. The van der Waals surface area contributed by atoms with E-state index in [4.69, 9.17) is 0 Å². The molecule has 0 bridgehead atoms. The molecule has 1 fully saturated rings. The Balaban J connectivity index is 1.92. The lowest BCUT2D eigenvalue weighted by Gasteiger charge is -2.37. The van der Waals surface area contributed by atoms with Gasteiger partial charge in [-0.3, -0.25) is 4.90 Å². The van der Waals surface area contributed by atoms with E-state index in [0.717, 1.165) is 42.6 Å². The number of thiazole rings is 1.